The number of aromatic nitrogens is 1. The number of nitro groups is 1. The lowest BCUT2D eigenvalue weighted by Crippen LogP contribution is -2.47. The topological polar surface area (TPSA) is 109 Å². The molecule has 2 unspecified atom stereocenters. The summed E-state index contributed by atoms with van der Waals surface area (Å²) in [6.45, 7) is 3.46. The van der Waals surface area contributed by atoms with E-state index in [1.54, 1.807) is 6.07 Å². The molecule has 1 saturated carbocycles. The Hall–Kier alpha value is -2.65. The van der Waals surface area contributed by atoms with E-state index < -0.39 is 16.3 Å². The van der Waals surface area contributed by atoms with Gasteiger partial charge in [0.2, 0.25) is 5.43 Å². The van der Waals surface area contributed by atoms with E-state index in [0.29, 0.717) is 17.7 Å². The fraction of sp³-hybridized carbons (Fsp3) is 0.474. The van der Waals surface area contributed by atoms with Gasteiger partial charge in [0, 0.05) is 50.5 Å². The van der Waals surface area contributed by atoms with Gasteiger partial charge >= 0.3 is 5.97 Å². The Bertz CT molecular complexity index is 1080. The molecule has 0 radical (unpaired) electrons. The van der Waals surface area contributed by atoms with Crippen molar-refractivity contribution in [1.29, 1.82) is 0 Å². The lowest BCUT2D eigenvalue weighted by atomic mass is 10.1. The quantitative estimate of drug-likeness (QED) is 0.596. The second kappa shape index (κ2) is 7.00. The summed E-state index contributed by atoms with van der Waals surface area (Å²) in [4.78, 5) is 40.0. The maximum absolute atomic E-state index is 12.7. The van der Waals surface area contributed by atoms with E-state index in [1.807, 2.05) is 4.57 Å². The molecule has 5 rings (SSSR count). The zero-order chi connectivity index (χ0) is 19.6. The van der Waals surface area contributed by atoms with Crippen molar-refractivity contribution >= 4 is 40.7 Å². The Kier molecular flexibility index (Phi) is 4.74. The minimum absolute atomic E-state index is 0. The molecule has 1 aromatic carbocycles. The van der Waals surface area contributed by atoms with Crippen LogP contribution < -0.4 is 10.3 Å². The number of carboxylic acid groups (broad SMARTS) is 1. The molecule has 3 heterocycles. The van der Waals surface area contributed by atoms with Crippen molar-refractivity contribution in [2.45, 2.75) is 31.3 Å². The number of carboxylic acids is 1. The van der Waals surface area contributed by atoms with E-state index in [1.165, 1.54) is 12.3 Å². The highest BCUT2D eigenvalue weighted by Crippen LogP contribution is 2.41. The first kappa shape index (κ1) is 19.7. The van der Waals surface area contributed by atoms with Crippen LogP contribution in [-0.4, -0.2) is 57.7 Å². The van der Waals surface area contributed by atoms with E-state index in [-0.39, 0.29) is 41.1 Å². The van der Waals surface area contributed by atoms with Crippen molar-refractivity contribution in [3.05, 3.63) is 44.2 Å². The Morgan fingerprint density at radius 1 is 1.14 bits per heavy atom. The second-order valence-corrected chi connectivity index (χ2v) is 7.87. The predicted molar refractivity (Wildman–Crippen MR) is 110 cm³/mol. The van der Waals surface area contributed by atoms with Crippen LogP contribution in [-0.2, 0) is 0 Å². The molecule has 0 spiro atoms. The van der Waals surface area contributed by atoms with E-state index in [2.05, 4.69) is 9.80 Å². The first-order valence-electron chi connectivity index (χ1n) is 9.53. The van der Waals surface area contributed by atoms with Gasteiger partial charge in [0.05, 0.1) is 15.8 Å². The van der Waals surface area contributed by atoms with Crippen LogP contribution in [0.5, 0.6) is 0 Å². The molecule has 2 aromatic rings. The predicted octanol–water partition coefficient (Wildman–Crippen LogP) is 2.26. The van der Waals surface area contributed by atoms with Gasteiger partial charge in [-0.3, -0.25) is 19.8 Å². The lowest BCUT2D eigenvalue weighted by Gasteiger charge is -2.36. The number of hydrogen-bond acceptors (Lipinski definition) is 6. The number of anilines is 1. The third-order valence-electron chi connectivity index (χ3n) is 6.15. The van der Waals surface area contributed by atoms with Gasteiger partial charge in [0.25, 0.3) is 5.69 Å². The summed E-state index contributed by atoms with van der Waals surface area (Å²) in [5.41, 5.74) is -0.0279. The minimum Gasteiger partial charge on any atom is -0.477 e. The van der Waals surface area contributed by atoms with Gasteiger partial charge in [0.15, 0.2) is 0 Å². The standard InChI is InChI=1S/C19H20N4O5.ClH/c24-18-13-7-17(23(27)28)16(21-6-5-20-4-3-12(21)9-20)8-15(13)22(11-1-2-11)10-14(18)19(25)26;/h7-8,10-12H,1-6,9H2,(H,25,26);1H. The first-order chi connectivity index (χ1) is 13.4. The van der Waals surface area contributed by atoms with Gasteiger partial charge in [0.1, 0.15) is 11.3 Å². The van der Waals surface area contributed by atoms with Crippen molar-refractivity contribution in [1.82, 2.24) is 9.47 Å². The Labute approximate surface area is 172 Å². The number of rotatable bonds is 4. The Morgan fingerprint density at radius 2 is 1.90 bits per heavy atom. The van der Waals surface area contributed by atoms with Gasteiger partial charge in [-0.15, -0.1) is 12.4 Å². The largest absolute Gasteiger partial charge is 0.477 e. The highest BCUT2D eigenvalue weighted by atomic mass is 35.5. The number of hydrogen-bond donors (Lipinski definition) is 1. The van der Waals surface area contributed by atoms with Crippen molar-refractivity contribution in [3.63, 3.8) is 0 Å². The highest BCUT2D eigenvalue weighted by Gasteiger charge is 2.36. The zero-order valence-corrected chi connectivity index (χ0v) is 16.4. The molecular weight excluding hydrogens is 400 g/mol. The van der Waals surface area contributed by atoms with Crippen molar-refractivity contribution in [2.75, 3.05) is 31.1 Å². The molecule has 3 aliphatic rings. The molecule has 1 aromatic heterocycles. The van der Waals surface area contributed by atoms with E-state index >= 15 is 0 Å². The summed E-state index contributed by atoms with van der Waals surface area (Å²) >= 11 is 0. The summed E-state index contributed by atoms with van der Waals surface area (Å²) in [6.07, 6.45) is 4.17. The Morgan fingerprint density at radius 3 is 2.55 bits per heavy atom. The van der Waals surface area contributed by atoms with Crippen LogP contribution >= 0.6 is 12.4 Å². The number of benzene rings is 1. The van der Waals surface area contributed by atoms with Crippen LogP contribution in [0.25, 0.3) is 10.9 Å². The van der Waals surface area contributed by atoms with Crippen LogP contribution in [0.1, 0.15) is 35.7 Å². The van der Waals surface area contributed by atoms with Gasteiger partial charge < -0.3 is 14.6 Å². The zero-order valence-electron chi connectivity index (χ0n) is 15.6. The summed E-state index contributed by atoms with van der Waals surface area (Å²) in [6, 6.07) is 3.37. The molecule has 1 aliphatic carbocycles. The molecule has 29 heavy (non-hydrogen) atoms. The monoisotopic (exact) mass is 420 g/mol. The molecule has 2 saturated heterocycles. The molecular formula is C19H21ClN4O5. The van der Waals surface area contributed by atoms with E-state index in [9.17, 15) is 24.8 Å². The average molecular weight is 421 g/mol. The molecule has 1 N–H and O–H groups in total. The van der Waals surface area contributed by atoms with Crippen LogP contribution in [0, 0.1) is 10.1 Å². The summed E-state index contributed by atoms with van der Waals surface area (Å²) in [7, 11) is 0. The van der Waals surface area contributed by atoms with Crippen LogP contribution in [0.15, 0.2) is 23.1 Å². The summed E-state index contributed by atoms with van der Waals surface area (Å²) in [5.74, 6) is -1.31. The smallest absolute Gasteiger partial charge is 0.341 e. The van der Waals surface area contributed by atoms with E-state index in [0.717, 1.165) is 38.9 Å². The first-order valence-corrected chi connectivity index (χ1v) is 9.53. The molecule has 154 valence electrons. The van der Waals surface area contributed by atoms with E-state index in [4.69, 9.17) is 0 Å². The van der Waals surface area contributed by atoms with Crippen molar-refractivity contribution in [2.24, 2.45) is 0 Å². The lowest BCUT2D eigenvalue weighted by molar-refractivity contribution is -0.384. The number of nitro benzene ring substituents is 1. The van der Waals surface area contributed by atoms with Gasteiger partial charge in [-0.2, -0.15) is 0 Å². The third kappa shape index (κ3) is 3.14. The van der Waals surface area contributed by atoms with Crippen LogP contribution in [0.3, 0.4) is 0 Å². The van der Waals surface area contributed by atoms with Crippen LogP contribution in [0.4, 0.5) is 11.4 Å². The number of halogens is 1. The number of fused-ring (bicyclic) bond motifs is 3. The van der Waals surface area contributed by atoms with Gasteiger partial charge in [-0.25, -0.2) is 4.79 Å². The van der Waals surface area contributed by atoms with Gasteiger partial charge in [-0.05, 0) is 25.3 Å². The van der Waals surface area contributed by atoms with Crippen LogP contribution in [0.2, 0.25) is 0 Å². The average Bonchev–Trinajstić information content (AvgIpc) is 3.44. The molecule has 2 bridgehead atoms. The fourth-order valence-corrected chi connectivity index (χ4v) is 4.58. The van der Waals surface area contributed by atoms with Crippen molar-refractivity contribution < 1.29 is 14.8 Å². The molecule has 2 atom stereocenters. The normalized spacial score (nSPS) is 23.1. The molecule has 10 heteroatoms. The minimum atomic E-state index is -1.31. The Balaban J connectivity index is 0.00000205. The number of piperazine rings is 1. The fourth-order valence-electron chi connectivity index (χ4n) is 4.58. The van der Waals surface area contributed by atoms with Crippen molar-refractivity contribution in [3.8, 4) is 0 Å². The summed E-state index contributed by atoms with van der Waals surface area (Å²) < 4.78 is 1.82. The summed E-state index contributed by atoms with van der Waals surface area (Å²) in [5, 5.41) is 21.3. The highest BCUT2D eigenvalue weighted by molar-refractivity contribution is 5.95. The maximum Gasteiger partial charge on any atom is 0.341 e. The SMILES string of the molecule is Cl.O=C(O)c1cn(C2CC2)c2cc(N3CCN4CCC3C4)c([N+](=O)[O-])cc2c1=O. The number of nitrogens with zero attached hydrogens (tertiary/aromatic N) is 4. The molecule has 2 aliphatic heterocycles. The number of aromatic carboxylic acids is 1. The molecule has 0 amide bonds. The second-order valence-electron chi connectivity index (χ2n) is 7.87. The molecule has 9 nitrogen and oxygen atoms in total. The number of pyridine rings is 1. The third-order valence-corrected chi connectivity index (χ3v) is 6.15. The van der Waals surface area contributed by atoms with Gasteiger partial charge in [-0.1, -0.05) is 0 Å². The number of carbonyl (C=O) groups is 1. The maximum atomic E-state index is 12.7. The molecule has 3 fully saturated rings.